The standard InChI is InChI=1S/C22H21N5S/c1-15-6-5-11-24-17(15)9-7-16-8-10-18(28-16)20-21(26-22(2,3)4)27-13-12-23-14-19(27)25-20/h5-6,8,10-14,26H,1-4H3. The van der Waals surface area contributed by atoms with Crippen LogP contribution in [0, 0.1) is 18.8 Å². The maximum absolute atomic E-state index is 4.80. The largest absolute Gasteiger partial charge is 0.365 e. The van der Waals surface area contributed by atoms with Gasteiger partial charge in [0.05, 0.1) is 16.0 Å². The number of anilines is 1. The molecule has 4 aromatic heterocycles. The highest BCUT2D eigenvalue weighted by molar-refractivity contribution is 7.16. The highest BCUT2D eigenvalue weighted by atomic mass is 32.1. The summed E-state index contributed by atoms with van der Waals surface area (Å²) >= 11 is 1.63. The third-order valence-electron chi connectivity index (χ3n) is 4.08. The lowest BCUT2D eigenvalue weighted by Crippen LogP contribution is -2.27. The summed E-state index contributed by atoms with van der Waals surface area (Å²) in [5, 5.41) is 3.58. The molecule has 1 N–H and O–H groups in total. The van der Waals surface area contributed by atoms with Gasteiger partial charge in [-0.2, -0.15) is 0 Å². The van der Waals surface area contributed by atoms with E-state index in [1.54, 1.807) is 29.9 Å². The van der Waals surface area contributed by atoms with Crippen molar-refractivity contribution in [3.05, 3.63) is 65.2 Å². The molecule has 0 atom stereocenters. The molecular weight excluding hydrogens is 366 g/mol. The molecular formula is C22H21N5S. The van der Waals surface area contributed by atoms with Crippen LogP contribution in [0.2, 0.25) is 0 Å². The highest BCUT2D eigenvalue weighted by Gasteiger charge is 2.20. The number of pyridine rings is 1. The number of aryl methyl sites for hydroxylation is 1. The fraction of sp³-hybridized carbons (Fsp3) is 0.227. The van der Waals surface area contributed by atoms with Crippen molar-refractivity contribution in [3.8, 4) is 22.4 Å². The number of imidazole rings is 1. The Balaban J connectivity index is 1.74. The minimum atomic E-state index is -0.0929. The predicted molar refractivity (Wildman–Crippen MR) is 115 cm³/mol. The highest BCUT2D eigenvalue weighted by Crippen LogP contribution is 2.34. The molecule has 0 aliphatic heterocycles. The van der Waals surface area contributed by atoms with Crippen molar-refractivity contribution in [1.29, 1.82) is 0 Å². The Bertz CT molecular complexity index is 1200. The second-order valence-corrected chi connectivity index (χ2v) is 8.66. The van der Waals surface area contributed by atoms with E-state index in [2.05, 4.69) is 54.0 Å². The van der Waals surface area contributed by atoms with Gasteiger partial charge in [-0.1, -0.05) is 6.07 Å². The normalized spacial score (nSPS) is 11.3. The zero-order valence-corrected chi connectivity index (χ0v) is 17.1. The van der Waals surface area contributed by atoms with Crippen LogP contribution in [0.5, 0.6) is 0 Å². The van der Waals surface area contributed by atoms with Gasteiger partial charge in [0.25, 0.3) is 0 Å². The number of nitrogens with one attached hydrogen (secondary N) is 1. The van der Waals surface area contributed by atoms with Gasteiger partial charge in [-0.15, -0.1) is 11.3 Å². The average Bonchev–Trinajstić information content (AvgIpc) is 3.25. The molecule has 0 bridgehead atoms. The van der Waals surface area contributed by atoms with E-state index in [4.69, 9.17) is 4.98 Å². The van der Waals surface area contributed by atoms with Gasteiger partial charge in [0, 0.05) is 24.1 Å². The summed E-state index contributed by atoms with van der Waals surface area (Å²) in [5.41, 5.74) is 3.52. The van der Waals surface area contributed by atoms with Crippen LogP contribution in [0.25, 0.3) is 16.2 Å². The van der Waals surface area contributed by atoms with Gasteiger partial charge >= 0.3 is 0 Å². The van der Waals surface area contributed by atoms with E-state index in [0.717, 1.165) is 38.2 Å². The van der Waals surface area contributed by atoms with E-state index in [-0.39, 0.29) is 5.54 Å². The SMILES string of the molecule is Cc1cccnc1C#Cc1ccc(-c2nc3cnccn3c2NC(C)(C)C)s1. The van der Waals surface area contributed by atoms with Crippen LogP contribution in [0.15, 0.2) is 49.1 Å². The lowest BCUT2D eigenvalue weighted by molar-refractivity contribution is 0.629. The molecule has 28 heavy (non-hydrogen) atoms. The van der Waals surface area contributed by atoms with Crippen LogP contribution >= 0.6 is 11.3 Å². The Labute approximate surface area is 168 Å². The van der Waals surface area contributed by atoms with Gasteiger partial charge < -0.3 is 5.32 Å². The summed E-state index contributed by atoms with van der Waals surface area (Å²) in [6.07, 6.45) is 7.24. The molecule has 0 spiro atoms. The molecule has 0 saturated heterocycles. The quantitative estimate of drug-likeness (QED) is 0.503. The molecule has 140 valence electrons. The van der Waals surface area contributed by atoms with Crippen LogP contribution in [0.1, 0.15) is 36.9 Å². The molecule has 0 aliphatic carbocycles. The van der Waals surface area contributed by atoms with E-state index in [1.165, 1.54) is 0 Å². The van der Waals surface area contributed by atoms with Gasteiger partial charge in [-0.05, 0) is 63.3 Å². The fourth-order valence-electron chi connectivity index (χ4n) is 2.82. The van der Waals surface area contributed by atoms with Crippen molar-refractivity contribution in [1.82, 2.24) is 19.4 Å². The van der Waals surface area contributed by atoms with E-state index in [9.17, 15) is 0 Å². The molecule has 0 aromatic carbocycles. The first kappa shape index (κ1) is 18.2. The number of nitrogens with zero attached hydrogens (tertiary/aromatic N) is 4. The first-order chi connectivity index (χ1) is 13.4. The number of hydrogen-bond donors (Lipinski definition) is 1. The van der Waals surface area contributed by atoms with E-state index >= 15 is 0 Å². The molecule has 0 unspecified atom stereocenters. The second-order valence-electron chi connectivity index (χ2n) is 7.57. The summed E-state index contributed by atoms with van der Waals surface area (Å²) in [6.45, 7) is 8.43. The fourth-order valence-corrected chi connectivity index (χ4v) is 3.67. The van der Waals surface area contributed by atoms with Crippen molar-refractivity contribution in [3.63, 3.8) is 0 Å². The van der Waals surface area contributed by atoms with Gasteiger partial charge in [0.2, 0.25) is 0 Å². The molecule has 0 saturated carbocycles. The molecule has 4 heterocycles. The van der Waals surface area contributed by atoms with Crippen LogP contribution in [-0.4, -0.2) is 24.9 Å². The van der Waals surface area contributed by atoms with Gasteiger partial charge in [0.15, 0.2) is 5.65 Å². The number of hydrogen-bond acceptors (Lipinski definition) is 5. The Morgan fingerprint density at radius 3 is 2.75 bits per heavy atom. The van der Waals surface area contributed by atoms with Crippen molar-refractivity contribution in [2.75, 3.05) is 5.32 Å². The average molecular weight is 388 g/mol. The van der Waals surface area contributed by atoms with Crippen molar-refractivity contribution < 1.29 is 0 Å². The molecule has 0 aliphatic rings. The number of thiophene rings is 1. The van der Waals surface area contributed by atoms with Gasteiger partial charge in [-0.25, -0.2) is 9.97 Å². The summed E-state index contributed by atoms with van der Waals surface area (Å²) in [7, 11) is 0. The minimum Gasteiger partial charge on any atom is -0.365 e. The number of aromatic nitrogens is 4. The van der Waals surface area contributed by atoms with Crippen molar-refractivity contribution >= 4 is 22.8 Å². The van der Waals surface area contributed by atoms with Crippen LogP contribution in [-0.2, 0) is 0 Å². The molecule has 6 heteroatoms. The zero-order valence-electron chi connectivity index (χ0n) is 16.3. The molecule has 4 rings (SSSR count). The maximum Gasteiger partial charge on any atom is 0.157 e. The predicted octanol–water partition coefficient (Wildman–Crippen LogP) is 4.77. The molecule has 0 fully saturated rings. The third-order valence-corrected chi connectivity index (χ3v) is 5.08. The lowest BCUT2D eigenvalue weighted by Gasteiger charge is -2.22. The monoisotopic (exact) mass is 387 g/mol. The third kappa shape index (κ3) is 3.75. The van der Waals surface area contributed by atoms with Gasteiger partial charge in [0.1, 0.15) is 17.2 Å². The van der Waals surface area contributed by atoms with E-state index in [0.29, 0.717) is 0 Å². The summed E-state index contributed by atoms with van der Waals surface area (Å²) in [6, 6.07) is 8.05. The Morgan fingerprint density at radius 1 is 1.11 bits per heavy atom. The summed E-state index contributed by atoms with van der Waals surface area (Å²) in [5.74, 6) is 7.37. The van der Waals surface area contributed by atoms with Crippen LogP contribution in [0.4, 0.5) is 5.82 Å². The maximum atomic E-state index is 4.80. The zero-order chi connectivity index (χ0) is 19.7. The van der Waals surface area contributed by atoms with Crippen molar-refractivity contribution in [2.24, 2.45) is 0 Å². The molecule has 5 nitrogen and oxygen atoms in total. The Hall–Kier alpha value is -3.17. The van der Waals surface area contributed by atoms with E-state index < -0.39 is 0 Å². The first-order valence-electron chi connectivity index (χ1n) is 9.05. The molecule has 0 radical (unpaired) electrons. The molecule has 0 amide bonds. The smallest absolute Gasteiger partial charge is 0.157 e. The molecule has 4 aromatic rings. The summed E-state index contributed by atoms with van der Waals surface area (Å²) in [4.78, 5) is 15.4. The van der Waals surface area contributed by atoms with Crippen LogP contribution < -0.4 is 5.32 Å². The lowest BCUT2D eigenvalue weighted by atomic mass is 10.1. The number of rotatable bonds is 2. The van der Waals surface area contributed by atoms with Crippen LogP contribution in [0.3, 0.4) is 0 Å². The second kappa shape index (κ2) is 7.10. The number of fused-ring (bicyclic) bond motifs is 1. The Morgan fingerprint density at radius 2 is 1.96 bits per heavy atom. The van der Waals surface area contributed by atoms with E-state index in [1.807, 2.05) is 35.7 Å². The topological polar surface area (TPSA) is 55.1 Å². The van der Waals surface area contributed by atoms with Gasteiger partial charge in [-0.3, -0.25) is 9.38 Å². The summed E-state index contributed by atoms with van der Waals surface area (Å²) < 4.78 is 2.04. The minimum absolute atomic E-state index is 0.0929. The first-order valence-corrected chi connectivity index (χ1v) is 9.86. The Kier molecular flexibility index (Phi) is 4.62. The van der Waals surface area contributed by atoms with Crippen molar-refractivity contribution in [2.45, 2.75) is 33.2 Å².